The number of benzene rings is 2. The monoisotopic (exact) mass is 290 g/mol. The van der Waals surface area contributed by atoms with E-state index in [4.69, 9.17) is 13.6 Å². The van der Waals surface area contributed by atoms with Crippen LogP contribution in [0.2, 0.25) is 0 Å². The summed E-state index contributed by atoms with van der Waals surface area (Å²) in [5, 5.41) is 1.30. The summed E-state index contributed by atoms with van der Waals surface area (Å²) in [7, 11) is 0. The van der Waals surface area contributed by atoms with E-state index in [1.807, 2.05) is 30.3 Å². The average molecular weight is 290 g/mol. The highest BCUT2D eigenvalue weighted by atomic mass is 16.5. The highest BCUT2D eigenvalue weighted by Gasteiger charge is 2.24. The molecule has 0 saturated heterocycles. The molecule has 0 atom stereocenters. The van der Waals surface area contributed by atoms with Crippen molar-refractivity contribution in [2.24, 2.45) is 0 Å². The Kier molecular flexibility index (Phi) is 2.12. The summed E-state index contributed by atoms with van der Waals surface area (Å²) in [6.45, 7) is 0.382. The van der Waals surface area contributed by atoms with Crippen LogP contribution in [0.25, 0.3) is 33.3 Å². The van der Waals surface area contributed by atoms with Crippen molar-refractivity contribution in [1.82, 2.24) is 0 Å². The zero-order valence-corrected chi connectivity index (χ0v) is 11.5. The van der Waals surface area contributed by atoms with Crippen LogP contribution in [-0.2, 0) is 6.61 Å². The number of ether oxygens (including phenoxy) is 1. The number of fused-ring (bicyclic) bond motifs is 6. The van der Waals surface area contributed by atoms with Crippen LogP contribution in [-0.4, -0.2) is 0 Å². The Hall–Kier alpha value is -3.01. The second kappa shape index (κ2) is 4.01. The van der Waals surface area contributed by atoms with Gasteiger partial charge in [-0.2, -0.15) is 0 Å². The SMILES string of the molecule is O=c1c2c(oc3c1ccc1occc13)-c1ccccc1CO2. The third kappa shape index (κ3) is 1.39. The molecule has 0 amide bonds. The van der Waals surface area contributed by atoms with Gasteiger partial charge in [-0.25, -0.2) is 0 Å². The quantitative estimate of drug-likeness (QED) is 0.489. The van der Waals surface area contributed by atoms with E-state index in [0.717, 1.165) is 16.5 Å². The molecule has 4 nitrogen and oxygen atoms in total. The van der Waals surface area contributed by atoms with Crippen molar-refractivity contribution in [2.75, 3.05) is 0 Å². The van der Waals surface area contributed by atoms with Gasteiger partial charge in [0.25, 0.3) is 0 Å². The first-order valence-corrected chi connectivity index (χ1v) is 7.01. The van der Waals surface area contributed by atoms with Crippen molar-refractivity contribution in [1.29, 1.82) is 0 Å². The molecule has 3 heterocycles. The first kappa shape index (κ1) is 11.6. The third-order valence-electron chi connectivity index (χ3n) is 4.08. The van der Waals surface area contributed by atoms with Gasteiger partial charge in [-0.1, -0.05) is 24.3 Å². The minimum Gasteiger partial charge on any atom is -0.481 e. The molecular formula is C18H10O4. The van der Waals surface area contributed by atoms with Gasteiger partial charge in [0.2, 0.25) is 11.2 Å². The lowest BCUT2D eigenvalue weighted by Gasteiger charge is -2.19. The Morgan fingerprint density at radius 1 is 0.955 bits per heavy atom. The zero-order valence-electron chi connectivity index (χ0n) is 11.5. The van der Waals surface area contributed by atoms with E-state index in [1.165, 1.54) is 0 Å². The van der Waals surface area contributed by atoms with Crippen molar-refractivity contribution >= 4 is 21.9 Å². The fraction of sp³-hybridized carbons (Fsp3) is 0.0556. The first-order valence-electron chi connectivity index (χ1n) is 7.01. The number of rotatable bonds is 0. The largest absolute Gasteiger partial charge is 0.481 e. The first-order chi connectivity index (χ1) is 10.8. The van der Waals surface area contributed by atoms with Crippen LogP contribution in [0.4, 0.5) is 0 Å². The lowest BCUT2D eigenvalue weighted by Crippen LogP contribution is -2.14. The maximum absolute atomic E-state index is 12.7. The van der Waals surface area contributed by atoms with Gasteiger partial charge >= 0.3 is 0 Å². The Morgan fingerprint density at radius 2 is 1.86 bits per heavy atom. The highest BCUT2D eigenvalue weighted by Crippen LogP contribution is 2.38. The van der Waals surface area contributed by atoms with Crippen LogP contribution in [0.1, 0.15) is 5.56 Å². The summed E-state index contributed by atoms with van der Waals surface area (Å²) in [6, 6.07) is 13.1. The van der Waals surface area contributed by atoms with Gasteiger partial charge in [-0.05, 0) is 18.2 Å². The van der Waals surface area contributed by atoms with Crippen LogP contribution in [0, 0.1) is 0 Å². The molecule has 4 heteroatoms. The van der Waals surface area contributed by atoms with Crippen molar-refractivity contribution in [2.45, 2.75) is 6.61 Å². The molecule has 2 aromatic carbocycles. The summed E-state index contributed by atoms with van der Waals surface area (Å²) in [5.74, 6) is 0.780. The van der Waals surface area contributed by atoms with Crippen LogP contribution in [0.3, 0.4) is 0 Å². The van der Waals surface area contributed by atoms with Gasteiger partial charge in [0.1, 0.15) is 17.8 Å². The molecule has 0 spiro atoms. The number of hydrogen-bond donors (Lipinski definition) is 0. The summed E-state index contributed by atoms with van der Waals surface area (Å²) in [4.78, 5) is 12.7. The smallest absolute Gasteiger partial charge is 0.235 e. The molecule has 22 heavy (non-hydrogen) atoms. The molecule has 0 unspecified atom stereocenters. The fourth-order valence-corrected chi connectivity index (χ4v) is 3.01. The summed E-state index contributed by atoms with van der Waals surface area (Å²) in [6.07, 6.45) is 1.59. The third-order valence-corrected chi connectivity index (χ3v) is 4.08. The van der Waals surface area contributed by atoms with Crippen LogP contribution in [0.15, 0.2) is 62.4 Å². The van der Waals surface area contributed by atoms with Gasteiger partial charge in [0.05, 0.1) is 17.0 Å². The Balaban J connectivity index is 1.99. The van der Waals surface area contributed by atoms with E-state index in [9.17, 15) is 4.79 Å². The molecule has 106 valence electrons. The minimum atomic E-state index is -0.145. The van der Waals surface area contributed by atoms with E-state index in [0.29, 0.717) is 28.9 Å². The summed E-state index contributed by atoms with van der Waals surface area (Å²) >= 11 is 0. The van der Waals surface area contributed by atoms with Crippen molar-refractivity contribution in [3.05, 3.63) is 64.5 Å². The van der Waals surface area contributed by atoms with Gasteiger partial charge in [0.15, 0.2) is 5.76 Å². The molecule has 4 aromatic rings. The number of hydrogen-bond acceptors (Lipinski definition) is 4. The van der Waals surface area contributed by atoms with E-state index < -0.39 is 0 Å². The van der Waals surface area contributed by atoms with E-state index in [1.54, 1.807) is 18.4 Å². The topological polar surface area (TPSA) is 52.6 Å². The van der Waals surface area contributed by atoms with Gasteiger partial charge in [-0.15, -0.1) is 0 Å². The summed E-state index contributed by atoms with van der Waals surface area (Å²) in [5.41, 5.74) is 3.00. The average Bonchev–Trinajstić information content (AvgIpc) is 3.04. The Morgan fingerprint density at radius 3 is 2.82 bits per heavy atom. The van der Waals surface area contributed by atoms with E-state index in [2.05, 4.69) is 0 Å². The zero-order chi connectivity index (χ0) is 14.7. The molecule has 1 aliphatic rings. The molecule has 0 bridgehead atoms. The predicted molar refractivity (Wildman–Crippen MR) is 82.0 cm³/mol. The maximum atomic E-state index is 12.7. The Labute approximate surface area is 124 Å². The molecule has 2 aromatic heterocycles. The van der Waals surface area contributed by atoms with Gasteiger partial charge in [0, 0.05) is 11.1 Å². The molecule has 0 fully saturated rings. The van der Waals surface area contributed by atoms with Crippen molar-refractivity contribution in [3.63, 3.8) is 0 Å². The Bertz CT molecular complexity index is 1100. The summed E-state index contributed by atoms with van der Waals surface area (Å²) < 4.78 is 17.1. The van der Waals surface area contributed by atoms with E-state index >= 15 is 0 Å². The molecular weight excluding hydrogens is 280 g/mol. The standard InChI is InChI=1S/C18H10O4/c19-15-13-5-6-14-12(7-8-20-14)16(13)22-17-11-4-2-1-3-10(11)9-21-18(15)17/h1-8H,9H2. The fourth-order valence-electron chi connectivity index (χ4n) is 3.01. The molecule has 0 N–H and O–H groups in total. The highest BCUT2D eigenvalue weighted by molar-refractivity contribution is 6.03. The molecule has 0 aliphatic carbocycles. The second-order valence-corrected chi connectivity index (χ2v) is 5.31. The second-order valence-electron chi connectivity index (χ2n) is 5.31. The van der Waals surface area contributed by atoms with Crippen molar-refractivity contribution < 1.29 is 13.6 Å². The van der Waals surface area contributed by atoms with Crippen LogP contribution in [0.5, 0.6) is 5.75 Å². The lowest BCUT2D eigenvalue weighted by atomic mass is 10.0. The van der Waals surface area contributed by atoms with Crippen LogP contribution < -0.4 is 10.2 Å². The molecule has 1 aliphatic heterocycles. The van der Waals surface area contributed by atoms with E-state index in [-0.39, 0.29) is 11.2 Å². The van der Waals surface area contributed by atoms with Gasteiger partial charge in [-0.3, -0.25) is 4.79 Å². The predicted octanol–water partition coefficient (Wildman–Crippen LogP) is 4.10. The lowest BCUT2D eigenvalue weighted by molar-refractivity contribution is 0.290. The minimum absolute atomic E-state index is 0.145. The maximum Gasteiger partial charge on any atom is 0.235 e. The van der Waals surface area contributed by atoms with Crippen molar-refractivity contribution in [3.8, 4) is 17.1 Å². The normalized spacial score (nSPS) is 12.9. The van der Waals surface area contributed by atoms with Crippen LogP contribution >= 0.6 is 0 Å². The molecule has 0 saturated carbocycles. The molecule has 0 radical (unpaired) electrons. The van der Waals surface area contributed by atoms with Gasteiger partial charge < -0.3 is 13.6 Å². The number of furan rings is 1. The molecule has 5 rings (SSSR count).